The van der Waals surface area contributed by atoms with Gasteiger partial charge in [-0.05, 0) is 24.3 Å². The summed E-state index contributed by atoms with van der Waals surface area (Å²) in [5, 5.41) is 11.2. The van der Waals surface area contributed by atoms with Crippen LogP contribution in [0.1, 0.15) is 10.4 Å². The number of halogens is 3. The van der Waals surface area contributed by atoms with Gasteiger partial charge >= 0.3 is 5.97 Å². The van der Waals surface area contributed by atoms with Crippen LogP contribution in [0.4, 0.5) is 24.7 Å². The van der Waals surface area contributed by atoms with Gasteiger partial charge in [-0.25, -0.2) is 22.9 Å². The van der Waals surface area contributed by atoms with Crippen LogP contribution in [0.3, 0.4) is 0 Å². The normalized spacial score (nSPS) is 10.3. The van der Waals surface area contributed by atoms with Crippen molar-refractivity contribution in [2.24, 2.45) is 0 Å². The van der Waals surface area contributed by atoms with Gasteiger partial charge in [0.05, 0.1) is 11.3 Å². The quantitative estimate of drug-likeness (QED) is 0.840. The van der Waals surface area contributed by atoms with Gasteiger partial charge in [0.15, 0.2) is 17.5 Å². The highest BCUT2D eigenvalue weighted by Crippen LogP contribution is 2.22. The number of anilines is 2. The van der Waals surface area contributed by atoms with Crippen LogP contribution in [0, 0.1) is 17.5 Å². The first-order valence-electron chi connectivity index (χ1n) is 5.09. The summed E-state index contributed by atoms with van der Waals surface area (Å²) < 4.78 is 39.1. The van der Waals surface area contributed by atoms with E-state index in [2.05, 4.69) is 10.3 Å². The SMILES string of the molecule is O=C(O)c1ccnc(Nc2ccc(F)c(F)c2F)c1. The van der Waals surface area contributed by atoms with Crippen LogP contribution in [0.15, 0.2) is 30.5 Å². The molecule has 98 valence electrons. The number of carboxylic acid groups (broad SMARTS) is 1. The van der Waals surface area contributed by atoms with Crippen molar-refractivity contribution in [3.8, 4) is 0 Å². The number of hydrogen-bond acceptors (Lipinski definition) is 3. The number of benzene rings is 1. The van der Waals surface area contributed by atoms with Crippen molar-refractivity contribution in [1.82, 2.24) is 4.98 Å². The minimum atomic E-state index is -1.61. The number of nitrogens with one attached hydrogen (secondary N) is 1. The van der Waals surface area contributed by atoms with Gasteiger partial charge < -0.3 is 10.4 Å². The molecular formula is C12H7F3N2O2. The van der Waals surface area contributed by atoms with Crippen molar-refractivity contribution in [1.29, 1.82) is 0 Å². The Hall–Kier alpha value is -2.57. The van der Waals surface area contributed by atoms with Crippen molar-refractivity contribution in [3.05, 3.63) is 53.5 Å². The summed E-state index contributed by atoms with van der Waals surface area (Å²) in [6.45, 7) is 0. The summed E-state index contributed by atoms with van der Waals surface area (Å²) in [5.74, 6) is -5.50. The maximum Gasteiger partial charge on any atom is 0.335 e. The molecule has 2 aromatic rings. The Morgan fingerprint density at radius 1 is 1.16 bits per heavy atom. The van der Waals surface area contributed by atoms with E-state index < -0.39 is 23.4 Å². The Bertz CT molecular complexity index is 647. The summed E-state index contributed by atoms with van der Waals surface area (Å²) in [6, 6.07) is 4.13. The molecule has 0 bridgehead atoms. The fourth-order valence-corrected chi connectivity index (χ4v) is 1.39. The molecule has 0 atom stereocenters. The minimum absolute atomic E-state index is 0.00445. The van der Waals surface area contributed by atoms with Crippen LogP contribution >= 0.6 is 0 Å². The highest BCUT2D eigenvalue weighted by molar-refractivity contribution is 5.88. The van der Waals surface area contributed by atoms with Crippen molar-refractivity contribution in [3.63, 3.8) is 0 Å². The zero-order valence-corrected chi connectivity index (χ0v) is 9.32. The zero-order valence-electron chi connectivity index (χ0n) is 9.32. The molecule has 4 nitrogen and oxygen atoms in total. The molecule has 0 fully saturated rings. The first-order chi connectivity index (χ1) is 8.99. The van der Waals surface area contributed by atoms with Crippen molar-refractivity contribution in [2.45, 2.75) is 0 Å². The Labute approximate surface area is 105 Å². The fraction of sp³-hybridized carbons (Fsp3) is 0. The van der Waals surface area contributed by atoms with E-state index in [0.717, 1.165) is 18.2 Å². The standard InChI is InChI=1S/C12H7F3N2O2/c13-7-1-2-8(11(15)10(7)14)17-9-5-6(12(18)19)3-4-16-9/h1-5H,(H,16,17)(H,18,19). The molecule has 1 heterocycles. The number of nitrogens with zero attached hydrogens (tertiary/aromatic N) is 1. The lowest BCUT2D eigenvalue weighted by atomic mass is 10.2. The van der Waals surface area contributed by atoms with E-state index >= 15 is 0 Å². The number of carboxylic acids is 1. The van der Waals surface area contributed by atoms with E-state index in [1.54, 1.807) is 0 Å². The molecule has 0 aliphatic heterocycles. The summed E-state index contributed by atoms with van der Waals surface area (Å²) in [5.41, 5.74) is -0.408. The Morgan fingerprint density at radius 3 is 2.58 bits per heavy atom. The van der Waals surface area contributed by atoms with Crippen LogP contribution in [0.25, 0.3) is 0 Å². The molecule has 0 saturated carbocycles. The van der Waals surface area contributed by atoms with Crippen molar-refractivity contribution < 1.29 is 23.1 Å². The smallest absolute Gasteiger partial charge is 0.335 e. The van der Waals surface area contributed by atoms with Crippen LogP contribution < -0.4 is 5.32 Å². The van der Waals surface area contributed by atoms with E-state index in [0.29, 0.717) is 0 Å². The molecule has 0 aliphatic carbocycles. The topological polar surface area (TPSA) is 62.2 Å². The monoisotopic (exact) mass is 268 g/mol. The Kier molecular flexibility index (Phi) is 3.37. The van der Waals surface area contributed by atoms with Gasteiger partial charge in [-0.15, -0.1) is 0 Å². The highest BCUT2D eigenvalue weighted by atomic mass is 19.2. The highest BCUT2D eigenvalue weighted by Gasteiger charge is 2.14. The number of carbonyl (C=O) groups is 1. The van der Waals surface area contributed by atoms with Gasteiger partial charge in [0.25, 0.3) is 0 Å². The van der Waals surface area contributed by atoms with Crippen LogP contribution in [-0.2, 0) is 0 Å². The predicted octanol–water partition coefficient (Wildman–Crippen LogP) is 2.94. The molecule has 0 aliphatic rings. The summed E-state index contributed by atoms with van der Waals surface area (Å²) >= 11 is 0. The van der Waals surface area contributed by atoms with Crippen molar-refractivity contribution in [2.75, 3.05) is 5.32 Å². The van der Waals surface area contributed by atoms with Gasteiger partial charge in [0, 0.05) is 6.20 Å². The molecule has 19 heavy (non-hydrogen) atoms. The first kappa shape index (κ1) is 12.9. The zero-order chi connectivity index (χ0) is 14.0. The third-order valence-electron chi connectivity index (χ3n) is 2.30. The predicted molar refractivity (Wildman–Crippen MR) is 60.8 cm³/mol. The third-order valence-corrected chi connectivity index (χ3v) is 2.30. The summed E-state index contributed by atoms with van der Waals surface area (Å²) in [4.78, 5) is 14.5. The second-order valence-corrected chi connectivity index (χ2v) is 3.58. The average Bonchev–Trinajstić information content (AvgIpc) is 2.40. The first-order valence-corrected chi connectivity index (χ1v) is 5.09. The number of aromatic nitrogens is 1. The van der Waals surface area contributed by atoms with E-state index in [1.165, 1.54) is 12.3 Å². The van der Waals surface area contributed by atoms with Crippen LogP contribution in [0.2, 0.25) is 0 Å². The van der Waals surface area contributed by atoms with Crippen LogP contribution in [-0.4, -0.2) is 16.1 Å². The van der Waals surface area contributed by atoms with Gasteiger partial charge in [-0.1, -0.05) is 0 Å². The second kappa shape index (κ2) is 4.97. The second-order valence-electron chi connectivity index (χ2n) is 3.58. The summed E-state index contributed by atoms with van der Waals surface area (Å²) in [7, 11) is 0. The molecule has 1 aromatic heterocycles. The fourth-order valence-electron chi connectivity index (χ4n) is 1.39. The molecule has 7 heteroatoms. The lowest BCUT2D eigenvalue weighted by molar-refractivity contribution is 0.0697. The average molecular weight is 268 g/mol. The molecule has 1 aromatic carbocycles. The van der Waals surface area contributed by atoms with Gasteiger partial charge in [-0.2, -0.15) is 0 Å². The van der Waals surface area contributed by atoms with E-state index in [-0.39, 0.29) is 17.1 Å². The lowest BCUT2D eigenvalue weighted by Gasteiger charge is -2.08. The molecule has 2 rings (SSSR count). The third kappa shape index (κ3) is 2.65. The summed E-state index contributed by atoms with van der Waals surface area (Å²) in [6.07, 6.45) is 1.20. The number of hydrogen-bond donors (Lipinski definition) is 2. The molecule has 0 unspecified atom stereocenters. The minimum Gasteiger partial charge on any atom is -0.478 e. The lowest BCUT2D eigenvalue weighted by Crippen LogP contribution is -2.02. The Balaban J connectivity index is 2.34. The molecule has 0 radical (unpaired) electrons. The van der Waals surface area contributed by atoms with Crippen LogP contribution in [0.5, 0.6) is 0 Å². The van der Waals surface area contributed by atoms with Gasteiger partial charge in [0.2, 0.25) is 0 Å². The number of rotatable bonds is 3. The van der Waals surface area contributed by atoms with E-state index in [9.17, 15) is 18.0 Å². The molecular weight excluding hydrogens is 261 g/mol. The Morgan fingerprint density at radius 2 is 1.89 bits per heavy atom. The molecule has 0 amide bonds. The molecule has 0 spiro atoms. The molecule has 0 saturated heterocycles. The maximum atomic E-state index is 13.4. The number of aromatic carboxylic acids is 1. The maximum absolute atomic E-state index is 13.4. The van der Waals surface area contributed by atoms with E-state index in [4.69, 9.17) is 5.11 Å². The van der Waals surface area contributed by atoms with Gasteiger partial charge in [0.1, 0.15) is 5.82 Å². The van der Waals surface area contributed by atoms with E-state index in [1.807, 2.05) is 0 Å². The number of pyridine rings is 1. The van der Waals surface area contributed by atoms with Crippen molar-refractivity contribution >= 4 is 17.5 Å². The largest absolute Gasteiger partial charge is 0.478 e. The molecule has 2 N–H and O–H groups in total. The van der Waals surface area contributed by atoms with Gasteiger partial charge in [-0.3, -0.25) is 0 Å².